The molecular weight excluding hydrogens is 248 g/mol. The van der Waals surface area contributed by atoms with Gasteiger partial charge in [-0.2, -0.15) is 0 Å². The van der Waals surface area contributed by atoms with E-state index in [-0.39, 0.29) is 18.0 Å². The maximum atomic E-state index is 11.9. The van der Waals surface area contributed by atoms with Crippen molar-refractivity contribution in [1.82, 2.24) is 9.80 Å². The Kier molecular flexibility index (Phi) is 5.57. The molecule has 1 N–H and O–H groups in total. The Morgan fingerprint density at radius 1 is 1.32 bits per heavy atom. The van der Waals surface area contributed by atoms with Gasteiger partial charge in [0.2, 0.25) is 5.91 Å². The summed E-state index contributed by atoms with van der Waals surface area (Å²) in [5, 5.41) is 8.96. The molecule has 1 aromatic heterocycles. The van der Waals surface area contributed by atoms with Crippen LogP contribution in [0.15, 0.2) is 16.7 Å². The van der Waals surface area contributed by atoms with Crippen LogP contribution in [0, 0.1) is 0 Å². The minimum atomic E-state index is -1.02. The van der Waals surface area contributed by atoms with Crippen molar-refractivity contribution in [2.75, 3.05) is 26.7 Å². The molecule has 1 rings (SSSR count). The molecular formula is C13H20N2O4. The van der Waals surface area contributed by atoms with Crippen molar-refractivity contribution in [3.8, 4) is 0 Å². The average molecular weight is 268 g/mol. The Morgan fingerprint density at radius 2 is 1.95 bits per heavy atom. The topological polar surface area (TPSA) is 74.0 Å². The van der Waals surface area contributed by atoms with Gasteiger partial charge in [0.25, 0.3) is 0 Å². The number of carboxylic acid groups (broad SMARTS) is 1. The first-order chi connectivity index (χ1) is 8.99. The molecule has 0 unspecified atom stereocenters. The van der Waals surface area contributed by atoms with E-state index < -0.39 is 5.97 Å². The van der Waals surface area contributed by atoms with Crippen LogP contribution in [-0.4, -0.2) is 53.5 Å². The summed E-state index contributed by atoms with van der Waals surface area (Å²) < 4.78 is 5.14. The largest absolute Gasteiger partial charge is 0.478 e. The third kappa shape index (κ3) is 4.10. The van der Waals surface area contributed by atoms with Crippen molar-refractivity contribution in [1.29, 1.82) is 0 Å². The zero-order chi connectivity index (χ0) is 14.4. The Hall–Kier alpha value is -1.82. The van der Waals surface area contributed by atoms with Gasteiger partial charge in [0, 0.05) is 13.1 Å². The number of likely N-dealkylation sites (N-methyl/N-ethyl adjacent to an activating group) is 2. The minimum Gasteiger partial charge on any atom is -0.478 e. The summed E-state index contributed by atoms with van der Waals surface area (Å²) in [6.07, 6.45) is 1.35. The molecule has 1 aromatic rings. The molecule has 19 heavy (non-hydrogen) atoms. The van der Waals surface area contributed by atoms with Gasteiger partial charge in [0.1, 0.15) is 11.3 Å². The third-order valence-corrected chi connectivity index (χ3v) is 2.91. The standard InChI is InChI=1S/C13H20N2O4/c1-4-15(5-2)12(16)9-14(3)8-11-10(13(17)18)6-7-19-11/h6-7H,4-5,8-9H2,1-3H3,(H,17,18). The maximum absolute atomic E-state index is 11.9. The smallest absolute Gasteiger partial charge is 0.339 e. The Bertz CT molecular complexity index is 438. The van der Waals surface area contributed by atoms with E-state index in [1.165, 1.54) is 12.3 Å². The van der Waals surface area contributed by atoms with Gasteiger partial charge in [-0.1, -0.05) is 0 Å². The van der Waals surface area contributed by atoms with E-state index >= 15 is 0 Å². The van der Waals surface area contributed by atoms with E-state index in [0.29, 0.717) is 25.4 Å². The van der Waals surface area contributed by atoms with Crippen LogP contribution >= 0.6 is 0 Å². The van der Waals surface area contributed by atoms with Crippen molar-refractivity contribution in [2.45, 2.75) is 20.4 Å². The molecule has 1 amide bonds. The number of hydrogen-bond donors (Lipinski definition) is 1. The van der Waals surface area contributed by atoms with Crippen LogP contribution in [0.4, 0.5) is 0 Å². The quantitative estimate of drug-likeness (QED) is 0.806. The Balaban J connectivity index is 2.60. The lowest BCUT2D eigenvalue weighted by molar-refractivity contribution is -0.131. The number of furan rings is 1. The number of aromatic carboxylic acids is 1. The van der Waals surface area contributed by atoms with Crippen LogP contribution in [-0.2, 0) is 11.3 Å². The number of carbonyl (C=O) groups excluding carboxylic acids is 1. The molecule has 0 radical (unpaired) electrons. The van der Waals surface area contributed by atoms with Gasteiger partial charge in [-0.15, -0.1) is 0 Å². The molecule has 1 heterocycles. The van der Waals surface area contributed by atoms with Gasteiger partial charge < -0.3 is 14.4 Å². The van der Waals surface area contributed by atoms with Gasteiger partial charge in [-0.3, -0.25) is 9.69 Å². The maximum Gasteiger partial charge on any atom is 0.339 e. The molecule has 0 aliphatic carbocycles. The van der Waals surface area contributed by atoms with E-state index in [2.05, 4.69) is 0 Å². The first-order valence-corrected chi connectivity index (χ1v) is 6.25. The fraction of sp³-hybridized carbons (Fsp3) is 0.538. The first kappa shape index (κ1) is 15.2. The highest BCUT2D eigenvalue weighted by molar-refractivity contribution is 5.88. The van der Waals surface area contributed by atoms with Crippen molar-refractivity contribution in [2.24, 2.45) is 0 Å². The number of carbonyl (C=O) groups is 2. The fourth-order valence-electron chi connectivity index (χ4n) is 1.86. The first-order valence-electron chi connectivity index (χ1n) is 6.25. The van der Waals surface area contributed by atoms with Gasteiger partial charge in [-0.05, 0) is 27.0 Å². The van der Waals surface area contributed by atoms with Crippen molar-refractivity contribution >= 4 is 11.9 Å². The molecule has 0 saturated carbocycles. The highest BCUT2D eigenvalue weighted by Crippen LogP contribution is 2.12. The van der Waals surface area contributed by atoms with E-state index in [1.54, 1.807) is 16.8 Å². The summed E-state index contributed by atoms with van der Waals surface area (Å²) in [6.45, 7) is 5.73. The predicted octanol–water partition coefficient (Wildman–Crippen LogP) is 1.28. The minimum absolute atomic E-state index is 0.0240. The van der Waals surface area contributed by atoms with Gasteiger partial charge in [-0.25, -0.2) is 4.79 Å². The molecule has 0 fully saturated rings. The highest BCUT2D eigenvalue weighted by atomic mass is 16.4. The second-order valence-electron chi connectivity index (χ2n) is 4.30. The molecule has 0 bridgehead atoms. The summed E-state index contributed by atoms with van der Waals surface area (Å²) >= 11 is 0. The molecule has 6 heteroatoms. The summed E-state index contributed by atoms with van der Waals surface area (Å²) in [7, 11) is 1.76. The number of carboxylic acids is 1. The summed E-state index contributed by atoms with van der Waals surface area (Å²) in [5.41, 5.74) is 0.141. The normalized spacial score (nSPS) is 10.7. The summed E-state index contributed by atoms with van der Waals surface area (Å²) in [5.74, 6) is -0.634. The van der Waals surface area contributed by atoms with Gasteiger partial charge in [0.05, 0.1) is 19.4 Å². The van der Waals surface area contributed by atoms with Crippen LogP contribution in [0.3, 0.4) is 0 Å². The van der Waals surface area contributed by atoms with Crippen LogP contribution in [0.5, 0.6) is 0 Å². The van der Waals surface area contributed by atoms with Crippen molar-refractivity contribution < 1.29 is 19.1 Å². The Labute approximate surface area is 112 Å². The SMILES string of the molecule is CCN(CC)C(=O)CN(C)Cc1occc1C(=O)O. The summed E-state index contributed by atoms with van der Waals surface area (Å²) in [4.78, 5) is 26.3. The average Bonchev–Trinajstić information content (AvgIpc) is 2.78. The number of amides is 1. The summed E-state index contributed by atoms with van der Waals surface area (Å²) in [6, 6.07) is 1.41. The molecule has 6 nitrogen and oxygen atoms in total. The lowest BCUT2D eigenvalue weighted by Crippen LogP contribution is -2.38. The molecule has 106 valence electrons. The lowest BCUT2D eigenvalue weighted by Gasteiger charge is -2.22. The molecule has 0 atom stereocenters. The fourth-order valence-corrected chi connectivity index (χ4v) is 1.86. The van der Waals surface area contributed by atoms with Crippen molar-refractivity contribution in [3.05, 3.63) is 23.7 Å². The van der Waals surface area contributed by atoms with E-state index in [1.807, 2.05) is 13.8 Å². The van der Waals surface area contributed by atoms with Gasteiger partial charge >= 0.3 is 5.97 Å². The monoisotopic (exact) mass is 268 g/mol. The van der Waals surface area contributed by atoms with E-state index in [9.17, 15) is 9.59 Å². The van der Waals surface area contributed by atoms with Crippen molar-refractivity contribution in [3.63, 3.8) is 0 Å². The van der Waals surface area contributed by atoms with Crippen LogP contribution in [0.2, 0.25) is 0 Å². The predicted molar refractivity (Wildman–Crippen MR) is 69.9 cm³/mol. The molecule has 0 aliphatic rings. The zero-order valence-electron chi connectivity index (χ0n) is 11.5. The van der Waals surface area contributed by atoms with Crippen LogP contribution in [0.1, 0.15) is 30.0 Å². The van der Waals surface area contributed by atoms with Crippen LogP contribution < -0.4 is 0 Å². The molecule has 0 aromatic carbocycles. The lowest BCUT2D eigenvalue weighted by atomic mass is 10.2. The van der Waals surface area contributed by atoms with Crippen LogP contribution in [0.25, 0.3) is 0 Å². The molecule has 0 aliphatic heterocycles. The molecule has 0 saturated heterocycles. The Morgan fingerprint density at radius 3 is 2.47 bits per heavy atom. The number of rotatable bonds is 7. The molecule has 0 spiro atoms. The zero-order valence-corrected chi connectivity index (χ0v) is 11.5. The highest BCUT2D eigenvalue weighted by Gasteiger charge is 2.17. The number of hydrogen-bond acceptors (Lipinski definition) is 4. The second-order valence-corrected chi connectivity index (χ2v) is 4.30. The third-order valence-electron chi connectivity index (χ3n) is 2.91. The van der Waals surface area contributed by atoms with E-state index in [0.717, 1.165) is 0 Å². The van der Waals surface area contributed by atoms with E-state index in [4.69, 9.17) is 9.52 Å². The van der Waals surface area contributed by atoms with Gasteiger partial charge in [0.15, 0.2) is 0 Å². The second kappa shape index (κ2) is 6.94. The number of nitrogens with zero attached hydrogens (tertiary/aromatic N) is 2.